The molecule has 1 N–H and O–H groups in total. The van der Waals surface area contributed by atoms with Crippen LogP contribution in [0.4, 0.5) is 0 Å². The molecular weight excluding hydrogens is 310 g/mol. The van der Waals surface area contributed by atoms with Crippen LogP contribution in [-0.2, 0) is 0 Å². The van der Waals surface area contributed by atoms with Gasteiger partial charge in [0.1, 0.15) is 5.75 Å². The van der Waals surface area contributed by atoms with Gasteiger partial charge in [-0.2, -0.15) is 0 Å². The van der Waals surface area contributed by atoms with E-state index in [-0.39, 0.29) is 0 Å². The first-order chi connectivity index (χ1) is 12.1. The van der Waals surface area contributed by atoms with Crippen molar-refractivity contribution < 1.29 is 5.11 Å². The molecule has 3 heteroatoms. The summed E-state index contributed by atoms with van der Waals surface area (Å²) >= 11 is 0. The molecule has 1 aromatic carbocycles. The van der Waals surface area contributed by atoms with Crippen LogP contribution in [0.25, 0.3) is 0 Å². The summed E-state index contributed by atoms with van der Waals surface area (Å²) in [5.41, 5.74) is 2.31. The number of benzene rings is 1. The molecule has 0 atom stereocenters. The van der Waals surface area contributed by atoms with E-state index >= 15 is 0 Å². The van der Waals surface area contributed by atoms with Gasteiger partial charge in [0.2, 0.25) is 0 Å². The summed E-state index contributed by atoms with van der Waals surface area (Å²) in [6.45, 7) is 6.34. The van der Waals surface area contributed by atoms with E-state index in [0.29, 0.717) is 23.3 Å². The van der Waals surface area contributed by atoms with Crippen molar-refractivity contribution in [2.24, 2.45) is 10.6 Å². The molecule has 0 radical (unpaired) electrons. The molecule has 0 aromatic heterocycles. The van der Waals surface area contributed by atoms with Crippen molar-refractivity contribution in [1.29, 1.82) is 0 Å². The Kier molecular flexibility index (Phi) is 9.53. The zero-order chi connectivity index (χ0) is 18.5. The third-order valence-electron chi connectivity index (χ3n) is 4.61. The van der Waals surface area contributed by atoms with Crippen LogP contribution < -0.4 is 0 Å². The van der Waals surface area contributed by atoms with Crippen molar-refractivity contribution in [1.82, 2.24) is 0 Å². The first kappa shape index (κ1) is 20.9. The molecule has 3 rings (SSSR count). The number of para-hydroxylation sites is 1. The lowest BCUT2D eigenvalue weighted by Crippen LogP contribution is -2.21. The van der Waals surface area contributed by atoms with E-state index in [0.717, 1.165) is 0 Å². The van der Waals surface area contributed by atoms with E-state index in [1.165, 1.54) is 37.7 Å². The average Bonchev–Trinajstić information content (AvgIpc) is 2.91. The van der Waals surface area contributed by atoms with E-state index in [1.807, 2.05) is 26.0 Å². The summed E-state index contributed by atoms with van der Waals surface area (Å²) in [5, 5.41) is 11.7. The predicted octanol–water partition coefficient (Wildman–Crippen LogP) is 6.91. The highest BCUT2D eigenvalue weighted by Crippen LogP contribution is 2.43. The smallest absolute Gasteiger partial charge is 0.115 e. The van der Waals surface area contributed by atoms with Crippen molar-refractivity contribution in [3.05, 3.63) is 70.8 Å². The Bertz CT molecular complexity index is 594. The molecule has 0 heterocycles. The zero-order valence-electron chi connectivity index (χ0n) is 15.7. The van der Waals surface area contributed by atoms with Crippen LogP contribution in [0.1, 0.15) is 59.3 Å². The van der Waals surface area contributed by atoms with Gasteiger partial charge < -0.3 is 5.11 Å². The number of hydrogen-bond acceptors (Lipinski definition) is 3. The maximum absolute atomic E-state index is 10.5. The van der Waals surface area contributed by atoms with Crippen molar-refractivity contribution >= 4 is 0 Å². The molecule has 0 saturated heterocycles. The lowest BCUT2D eigenvalue weighted by Gasteiger charge is -2.34. The summed E-state index contributed by atoms with van der Waals surface area (Å²) in [6, 6.07) is 8.71. The van der Waals surface area contributed by atoms with Gasteiger partial charge in [-0.1, -0.05) is 76.5 Å². The minimum atomic E-state index is 0.309. The van der Waals surface area contributed by atoms with Crippen LogP contribution in [0.5, 0.6) is 5.75 Å². The first-order valence-corrected chi connectivity index (χ1v) is 9.29. The van der Waals surface area contributed by atoms with Gasteiger partial charge in [0.25, 0.3) is 0 Å². The van der Waals surface area contributed by atoms with Gasteiger partial charge in [-0.3, -0.25) is 0 Å². The fourth-order valence-corrected chi connectivity index (χ4v) is 3.14. The maximum Gasteiger partial charge on any atom is 0.115 e. The number of hydrogen-bond donors (Lipinski definition) is 1. The third kappa shape index (κ3) is 7.08. The summed E-state index contributed by atoms with van der Waals surface area (Å²) in [5.74, 6) is 0.322. The summed E-state index contributed by atoms with van der Waals surface area (Å²) in [4.78, 5) is 10.5. The van der Waals surface area contributed by atoms with Gasteiger partial charge in [0.15, 0.2) is 0 Å². The Balaban J connectivity index is 0.000000290. The first-order valence-electron chi connectivity index (χ1n) is 9.29. The molecule has 1 saturated carbocycles. The lowest BCUT2D eigenvalue weighted by molar-refractivity contribution is 0.273. The maximum atomic E-state index is 10.5. The van der Waals surface area contributed by atoms with Crippen molar-refractivity contribution in [2.75, 3.05) is 0 Å². The minimum Gasteiger partial charge on any atom is -0.508 e. The molecular formula is C22H31NO2. The SMILES string of the molecule is CC.CC1(C2=CC=C(N=O)CC=C2)CCCCC1.Oc1ccccc1. The van der Waals surface area contributed by atoms with Gasteiger partial charge in [-0.05, 0) is 47.2 Å². The molecule has 0 amide bonds. The Morgan fingerprint density at radius 3 is 2.16 bits per heavy atom. The van der Waals surface area contributed by atoms with Gasteiger partial charge >= 0.3 is 0 Å². The van der Waals surface area contributed by atoms with E-state index < -0.39 is 0 Å². The quantitative estimate of drug-likeness (QED) is 0.594. The van der Waals surface area contributed by atoms with Gasteiger partial charge in [-0.25, -0.2) is 0 Å². The highest BCUT2D eigenvalue weighted by molar-refractivity contribution is 5.35. The molecule has 0 bridgehead atoms. The second-order valence-corrected chi connectivity index (χ2v) is 6.43. The molecule has 25 heavy (non-hydrogen) atoms. The highest BCUT2D eigenvalue weighted by Gasteiger charge is 2.29. The second kappa shape index (κ2) is 11.4. The van der Waals surface area contributed by atoms with Crippen LogP contribution in [0.3, 0.4) is 0 Å². The molecule has 3 nitrogen and oxygen atoms in total. The minimum absolute atomic E-state index is 0.309. The van der Waals surface area contributed by atoms with Crippen LogP contribution in [-0.4, -0.2) is 5.11 Å². The number of phenolic OH excluding ortho intramolecular Hbond substituents is 1. The van der Waals surface area contributed by atoms with E-state index in [1.54, 1.807) is 24.3 Å². The second-order valence-electron chi connectivity index (χ2n) is 6.43. The number of aromatic hydroxyl groups is 1. The molecule has 136 valence electrons. The number of phenols is 1. The normalized spacial score (nSPS) is 18.2. The van der Waals surface area contributed by atoms with E-state index in [2.05, 4.69) is 30.3 Å². The molecule has 1 aromatic rings. The number of allylic oxidation sites excluding steroid dienone is 5. The number of nitrogens with zero attached hydrogens (tertiary/aromatic N) is 1. The van der Waals surface area contributed by atoms with Crippen molar-refractivity contribution in [3.8, 4) is 5.75 Å². The topological polar surface area (TPSA) is 49.7 Å². The van der Waals surface area contributed by atoms with Crippen LogP contribution >= 0.6 is 0 Å². The molecule has 2 aliphatic rings. The fourth-order valence-electron chi connectivity index (χ4n) is 3.14. The van der Waals surface area contributed by atoms with Gasteiger partial charge in [-0.15, -0.1) is 4.91 Å². The highest BCUT2D eigenvalue weighted by atomic mass is 16.3. The standard InChI is InChI=1S/C14H19NO.C6H6O.C2H6/c1-14(10-3-2-4-11-14)12-6-5-7-13(15-16)9-8-12;7-6-4-2-1-3-5-6;1-2/h5-6,8-9H,2-4,7,10-11H2,1H3;1-5,7H;1-2H3. The van der Waals surface area contributed by atoms with Crippen LogP contribution in [0.15, 0.2) is 71.1 Å². The molecule has 2 aliphatic carbocycles. The van der Waals surface area contributed by atoms with Crippen molar-refractivity contribution in [3.63, 3.8) is 0 Å². The molecule has 0 spiro atoms. The lowest BCUT2D eigenvalue weighted by atomic mass is 9.70. The molecule has 0 aliphatic heterocycles. The zero-order valence-corrected chi connectivity index (χ0v) is 15.7. The van der Waals surface area contributed by atoms with Gasteiger partial charge in [0.05, 0.1) is 5.70 Å². The van der Waals surface area contributed by atoms with Gasteiger partial charge in [0, 0.05) is 6.42 Å². The monoisotopic (exact) mass is 341 g/mol. The number of rotatable bonds is 2. The van der Waals surface area contributed by atoms with Crippen LogP contribution in [0.2, 0.25) is 0 Å². The van der Waals surface area contributed by atoms with Crippen LogP contribution in [0, 0.1) is 10.3 Å². The largest absolute Gasteiger partial charge is 0.508 e. The Morgan fingerprint density at radius 1 is 1.00 bits per heavy atom. The molecule has 0 unspecified atom stereocenters. The van der Waals surface area contributed by atoms with Crippen molar-refractivity contribution in [2.45, 2.75) is 59.3 Å². The third-order valence-corrected chi connectivity index (χ3v) is 4.61. The van der Waals surface area contributed by atoms with E-state index in [9.17, 15) is 4.91 Å². The Morgan fingerprint density at radius 2 is 1.64 bits per heavy atom. The van der Waals surface area contributed by atoms with E-state index in [4.69, 9.17) is 5.11 Å². The average molecular weight is 341 g/mol. The fraction of sp³-hybridized carbons (Fsp3) is 0.455. The summed E-state index contributed by atoms with van der Waals surface area (Å²) in [7, 11) is 0. The summed E-state index contributed by atoms with van der Waals surface area (Å²) < 4.78 is 0. The Hall–Kier alpha value is -2.16. The Labute approximate surface area is 152 Å². The molecule has 1 fully saturated rings. The predicted molar refractivity (Wildman–Crippen MR) is 106 cm³/mol. The number of nitroso groups, excluding NO2 is 1. The summed E-state index contributed by atoms with van der Waals surface area (Å²) in [6.07, 6.45) is 15.4.